The monoisotopic (exact) mass is 357 g/mol. The van der Waals surface area contributed by atoms with E-state index >= 15 is 0 Å². The molecule has 0 N–H and O–H groups in total. The van der Waals surface area contributed by atoms with Crippen molar-refractivity contribution in [1.29, 1.82) is 0 Å². The average Bonchev–Trinajstić information content (AvgIpc) is 3.34. The van der Waals surface area contributed by atoms with Crippen molar-refractivity contribution in [3.63, 3.8) is 0 Å². The number of rotatable bonds is 3. The Labute approximate surface area is 148 Å². The fourth-order valence-corrected chi connectivity index (χ4v) is 3.75. The Bertz CT molecular complexity index is 878. The molecule has 1 aromatic carbocycles. The molecule has 0 aliphatic carbocycles. The number of hydrogen-bond acceptors (Lipinski definition) is 5. The minimum atomic E-state index is -0.393. The Kier molecular flexibility index (Phi) is 4.31. The number of aromatic nitrogens is 2. The largest absolute Gasteiger partial charge is 0.420 e. The first-order valence-corrected chi connectivity index (χ1v) is 9.01. The maximum absolute atomic E-state index is 13.9. The molecule has 2 aromatic heterocycles. The summed E-state index contributed by atoms with van der Waals surface area (Å²) in [5.74, 6) is 0.256. The Hall–Kier alpha value is -2.54. The lowest BCUT2D eigenvalue weighted by molar-refractivity contribution is 0.0703. The summed E-state index contributed by atoms with van der Waals surface area (Å²) in [6.45, 7) is 1.26. The molecule has 1 aliphatic heterocycles. The molecular formula is C18H16FN3O2S. The van der Waals surface area contributed by atoms with Crippen LogP contribution >= 0.6 is 11.3 Å². The van der Waals surface area contributed by atoms with Crippen molar-refractivity contribution >= 4 is 17.2 Å². The van der Waals surface area contributed by atoms with Crippen LogP contribution in [0, 0.1) is 5.82 Å². The Morgan fingerprint density at radius 2 is 2.12 bits per heavy atom. The molecule has 1 amide bonds. The Morgan fingerprint density at radius 1 is 1.24 bits per heavy atom. The molecule has 3 heterocycles. The van der Waals surface area contributed by atoms with Crippen molar-refractivity contribution < 1.29 is 13.6 Å². The standard InChI is InChI=1S/C18H16FN3O2S/c19-14-7-2-1-6-13(14)17-21-20-16(24-17)12-5-3-9-22(11-12)18(23)15-8-4-10-25-15/h1-2,4,6-8,10,12H,3,5,9,11H2/t12-/m0/s1. The topological polar surface area (TPSA) is 59.2 Å². The van der Waals surface area contributed by atoms with E-state index in [2.05, 4.69) is 10.2 Å². The number of thiophene rings is 1. The van der Waals surface area contributed by atoms with Crippen LogP contribution in [0.25, 0.3) is 11.5 Å². The number of carbonyl (C=O) groups excluding carboxylic acids is 1. The van der Waals surface area contributed by atoms with Gasteiger partial charge in [0.2, 0.25) is 5.89 Å². The highest BCUT2D eigenvalue weighted by molar-refractivity contribution is 7.12. The van der Waals surface area contributed by atoms with Crippen LogP contribution in [-0.4, -0.2) is 34.1 Å². The SMILES string of the molecule is O=C(c1cccs1)N1CCC[C@H](c2nnc(-c3ccccc3F)o2)C1. The quantitative estimate of drug-likeness (QED) is 0.712. The molecule has 5 nitrogen and oxygen atoms in total. The minimum Gasteiger partial charge on any atom is -0.420 e. The molecule has 0 radical (unpaired) electrons. The fourth-order valence-electron chi connectivity index (χ4n) is 3.06. The van der Waals surface area contributed by atoms with Crippen LogP contribution in [0.5, 0.6) is 0 Å². The van der Waals surface area contributed by atoms with Gasteiger partial charge in [-0.2, -0.15) is 0 Å². The summed E-state index contributed by atoms with van der Waals surface area (Å²) in [5, 5.41) is 9.98. The number of likely N-dealkylation sites (tertiary alicyclic amines) is 1. The lowest BCUT2D eigenvalue weighted by Gasteiger charge is -2.30. The third-order valence-corrected chi connectivity index (χ3v) is 5.19. The number of nitrogens with zero attached hydrogens (tertiary/aromatic N) is 3. The minimum absolute atomic E-state index is 0.0225. The van der Waals surface area contributed by atoms with Gasteiger partial charge in [-0.3, -0.25) is 4.79 Å². The second kappa shape index (κ2) is 6.76. The number of halogens is 1. The van der Waals surface area contributed by atoms with Crippen LogP contribution in [0.2, 0.25) is 0 Å². The van der Waals surface area contributed by atoms with Crippen molar-refractivity contribution in [1.82, 2.24) is 15.1 Å². The zero-order valence-corrected chi connectivity index (χ0v) is 14.2. The van der Waals surface area contributed by atoms with Gasteiger partial charge in [0.15, 0.2) is 0 Å². The number of amides is 1. The smallest absolute Gasteiger partial charge is 0.263 e. The van der Waals surface area contributed by atoms with Crippen molar-refractivity contribution in [3.05, 3.63) is 58.4 Å². The van der Waals surface area contributed by atoms with E-state index in [1.54, 1.807) is 18.2 Å². The molecule has 3 aromatic rings. The third kappa shape index (κ3) is 3.19. The maximum atomic E-state index is 13.9. The number of piperidine rings is 1. The Morgan fingerprint density at radius 3 is 2.92 bits per heavy atom. The summed E-state index contributed by atoms with van der Waals surface area (Å²) in [6.07, 6.45) is 1.74. The molecule has 1 fully saturated rings. The summed E-state index contributed by atoms with van der Waals surface area (Å²) in [4.78, 5) is 15.1. The molecule has 0 unspecified atom stereocenters. The molecule has 25 heavy (non-hydrogen) atoms. The lowest BCUT2D eigenvalue weighted by Crippen LogP contribution is -2.38. The van der Waals surface area contributed by atoms with Gasteiger partial charge in [-0.05, 0) is 36.4 Å². The summed E-state index contributed by atoms with van der Waals surface area (Å²) >= 11 is 1.44. The molecule has 7 heteroatoms. The zero-order valence-electron chi connectivity index (χ0n) is 13.4. The first kappa shape index (κ1) is 16.0. The number of benzene rings is 1. The van der Waals surface area contributed by atoms with Crippen molar-refractivity contribution in [2.24, 2.45) is 0 Å². The second-order valence-electron chi connectivity index (χ2n) is 5.99. The molecule has 0 bridgehead atoms. The summed E-state index contributed by atoms with van der Waals surface area (Å²) in [6, 6.07) is 10.0. The molecule has 4 rings (SSSR count). The van der Waals surface area contributed by atoms with Gasteiger partial charge in [-0.15, -0.1) is 21.5 Å². The maximum Gasteiger partial charge on any atom is 0.263 e. The van der Waals surface area contributed by atoms with Crippen molar-refractivity contribution in [2.45, 2.75) is 18.8 Å². The summed E-state index contributed by atoms with van der Waals surface area (Å²) in [7, 11) is 0. The van der Waals surface area contributed by atoms with Gasteiger partial charge in [-0.25, -0.2) is 4.39 Å². The lowest BCUT2D eigenvalue weighted by atomic mass is 9.98. The second-order valence-corrected chi connectivity index (χ2v) is 6.94. The van der Waals surface area contributed by atoms with E-state index in [0.29, 0.717) is 18.0 Å². The van der Waals surface area contributed by atoms with E-state index in [4.69, 9.17) is 4.42 Å². The molecule has 0 saturated carbocycles. The molecule has 1 atom stereocenters. The predicted molar refractivity (Wildman–Crippen MR) is 91.9 cm³/mol. The predicted octanol–water partition coefficient (Wildman–Crippen LogP) is 3.96. The van der Waals surface area contributed by atoms with E-state index < -0.39 is 5.82 Å². The van der Waals surface area contributed by atoms with Crippen LogP contribution in [0.4, 0.5) is 4.39 Å². The van der Waals surface area contributed by atoms with Gasteiger partial charge in [0.25, 0.3) is 11.8 Å². The summed E-state index contributed by atoms with van der Waals surface area (Å²) in [5.41, 5.74) is 0.295. The van der Waals surface area contributed by atoms with E-state index in [1.165, 1.54) is 17.4 Å². The molecule has 1 aliphatic rings. The third-order valence-electron chi connectivity index (χ3n) is 4.33. The van der Waals surface area contributed by atoms with Gasteiger partial charge >= 0.3 is 0 Å². The fraction of sp³-hybridized carbons (Fsp3) is 0.278. The zero-order chi connectivity index (χ0) is 17.2. The van der Waals surface area contributed by atoms with Gasteiger partial charge in [-0.1, -0.05) is 18.2 Å². The molecule has 0 spiro atoms. The highest BCUT2D eigenvalue weighted by Gasteiger charge is 2.29. The highest BCUT2D eigenvalue weighted by atomic mass is 32.1. The van der Waals surface area contributed by atoms with Crippen LogP contribution in [-0.2, 0) is 0 Å². The van der Waals surface area contributed by atoms with Crippen LogP contribution in [0.1, 0.15) is 34.3 Å². The van der Waals surface area contributed by atoms with E-state index in [9.17, 15) is 9.18 Å². The van der Waals surface area contributed by atoms with Crippen molar-refractivity contribution in [2.75, 3.05) is 13.1 Å². The number of carbonyl (C=O) groups is 1. The van der Waals surface area contributed by atoms with E-state index in [-0.39, 0.29) is 17.7 Å². The molecular weight excluding hydrogens is 341 g/mol. The van der Waals surface area contributed by atoms with Crippen LogP contribution < -0.4 is 0 Å². The molecule has 1 saturated heterocycles. The van der Waals surface area contributed by atoms with Gasteiger partial charge in [0.05, 0.1) is 16.4 Å². The van der Waals surface area contributed by atoms with Crippen LogP contribution in [0.3, 0.4) is 0 Å². The molecule has 128 valence electrons. The first-order chi connectivity index (χ1) is 12.2. The van der Waals surface area contributed by atoms with E-state index in [0.717, 1.165) is 24.3 Å². The highest BCUT2D eigenvalue weighted by Crippen LogP contribution is 2.30. The Balaban J connectivity index is 1.52. The normalized spacial score (nSPS) is 17.6. The first-order valence-electron chi connectivity index (χ1n) is 8.13. The van der Waals surface area contributed by atoms with Crippen molar-refractivity contribution in [3.8, 4) is 11.5 Å². The average molecular weight is 357 g/mol. The summed E-state index contributed by atoms with van der Waals surface area (Å²) < 4.78 is 19.6. The van der Waals surface area contributed by atoms with Gasteiger partial charge < -0.3 is 9.32 Å². The number of hydrogen-bond donors (Lipinski definition) is 0. The van der Waals surface area contributed by atoms with Crippen LogP contribution in [0.15, 0.2) is 46.2 Å². The van der Waals surface area contributed by atoms with Gasteiger partial charge in [0, 0.05) is 13.1 Å². The van der Waals surface area contributed by atoms with Gasteiger partial charge in [0.1, 0.15) is 5.82 Å². The van der Waals surface area contributed by atoms with E-state index in [1.807, 2.05) is 22.4 Å².